The lowest BCUT2D eigenvalue weighted by atomic mass is 10.0. The molecule has 15 heavy (non-hydrogen) atoms. The summed E-state index contributed by atoms with van der Waals surface area (Å²) in [6, 6.07) is 5.74. The molecule has 0 spiro atoms. The standard InChI is InChI=1S/C11H15Cl2NS/c1-15-5-4-10(14)6-8-2-3-9(12)7-11(8)13/h2-3,7,10H,4-6,14H2,1H3. The normalized spacial score (nSPS) is 12.8. The minimum atomic E-state index is 0.177. The number of halogens is 2. The van der Waals surface area contributed by atoms with E-state index in [1.807, 2.05) is 23.9 Å². The number of hydrogen-bond donors (Lipinski definition) is 1. The second-order valence-corrected chi connectivity index (χ2v) is 5.31. The molecule has 0 aliphatic rings. The summed E-state index contributed by atoms with van der Waals surface area (Å²) >= 11 is 13.7. The number of rotatable bonds is 5. The van der Waals surface area contributed by atoms with Crippen molar-refractivity contribution in [2.45, 2.75) is 18.9 Å². The quantitative estimate of drug-likeness (QED) is 0.879. The Morgan fingerprint density at radius 3 is 2.73 bits per heavy atom. The van der Waals surface area contributed by atoms with Gasteiger partial charge in [0.15, 0.2) is 0 Å². The van der Waals surface area contributed by atoms with Gasteiger partial charge in [0.05, 0.1) is 0 Å². The fraction of sp³-hybridized carbons (Fsp3) is 0.455. The maximum absolute atomic E-state index is 6.06. The summed E-state index contributed by atoms with van der Waals surface area (Å²) in [5.41, 5.74) is 7.07. The Balaban J connectivity index is 2.56. The predicted molar refractivity (Wildman–Crippen MR) is 71.1 cm³/mol. The molecule has 1 atom stereocenters. The molecule has 1 rings (SSSR count). The van der Waals surface area contributed by atoms with Gasteiger partial charge in [0.1, 0.15) is 0 Å². The summed E-state index contributed by atoms with van der Waals surface area (Å²) in [6.07, 6.45) is 3.92. The number of nitrogens with two attached hydrogens (primary N) is 1. The van der Waals surface area contributed by atoms with Crippen molar-refractivity contribution in [3.63, 3.8) is 0 Å². The summed E-state index contributed by atoms with van der Waals surface area (Å²) in [5.74, 6) is 1.09. The third-order valence-electron chi connectivity index (χ3n) is 2.19. The second-order valence-electron chi connectivity index (χ2n) is 3.48. The van der Waals surface area contributed by atoms with Gasteiger partial charge in [-0.3, -0.25) is 0 Å². The first-order valence-electron chi connectivity index (χ1n) is 4.82. The van der Waals surface area contributed by atoms with Crippen molar-refractivity contribution in [3.05, 3.63) is 33.8 Å². The molecule has 84 valence electrons. The van der Waals surface area contributed by atoms with Gasteiger partial charge in [-0.05, 0) is 42.5 Å². The molecule has 2 N–H and O–H groups in total. The topological polar surface area (TPSA) is 26.0 Å². The van der Waals surface area contributed by atoms with Crippen LogP contribution < -0.4 is 5.73 Å². The van der Waals surface area contributed by atoms with E-state index >= 15 is 0 Å². The Bertz CT molecular complexity index is 317. The van der Waals surface area contributed by atoms with E-state index in [0.29, 0.717) is 10.0 Å². The Kier molecular flexibility index (Phi) is 5.83. The Morgan fingerprint density at radius 1 is 1.40 bits per heavy atom. The molecule has 1 aromatic carbocycles. The van der Waals surface area contributed by atoms with Gasteiger partial charge in [0.25, 0.3) is 0 Å². The lowest BCUT2D eigenvalue weighted by Crippen LogP contribution is -2.23. The van der Waals surface area contributed by atoms with Crippen molar-refractivity contribution in [2.75, 3.05) is 12.0 Å². The van der Waals surface area contributed by atoms with Crippen molar-refractivity contribution < 1.29 is 0 Å². The Morgan fingerprint density at radius 2 is 2.13 bits per heavy atom. The average molecular weight is 264 g/mol. The maximum atomic E-state index is 6.06. The number of benzene rings is 1. The summed E-state index contributed by atoms with van der Waals surface area (Å²) in [5, 5.41) is 1.38. The highest BCUT2D eigenvalue weighted by atomic mass is 35.5. The molecule has 1 unspecified atom stereocenters. The fourth-order valence-electron chi connectivity index (χ4n) is 1.34. The molecule has 0 radical (unpaired) electrons. The number of thioether (sulfide) groups is 1. The molecular formula is C11H15Cl2NS. The minimum Gasteiger partial charge on any atom is -0.327 e. The van der Waals surface area contributed by atoms with Crippen LogP contribution in [0.15, 0.2) is 18.2 Å². The highest BCUT2D eigenvalue weighted by Crippen LogP contribution is 2.22. The predicted octanol–water partition coefficient (Wildman–Crippen LogP) is 3.62. The van der Waals surface area contributed by atoms with Crippen LogP contribution in [0.25, 0.3) is 0 Å². The first-order valence-corrected chi connectivity index (χ1v) is 6.97. The zero-order valence-electron chi connectivity index (χ0n) is 8.67. The van der Waals surface area contributed by atoms with Gasteiger partial charge in [0.2, 0.25) is 0 Å². The van der Waals surface area contributed by atoms with Crippen LogP contribution in [0.5, 0.6) is 0 Å². The third kappa shape index (κ3) is 4.64. The van der Waals surface area contributed by atoms with Gasteiger partial charge in [-0.15, -0.1) is 0 Å². The van der Waals surface area contributed by atoms with Gasteiger partial charge >= 0.3 is 0 Å². The van der Waals surface area contributed by atoms with E-state index in [-0.39, 0.29) is 6.04 Å². The van der Waals surface area contributed by atoms with Crippen molar-refractivity contribution in [1.29, 1.82) is 0 Å². The van der Waals surface area contributed by atoms with Gasteiger partial charge in [-0.25, -0.2) is 0 Å². The minimum absolute atomic E-state index is 0.177. The molecule has 0 heterocycles. The van der Waals surface area contributed by atoms with Crippen LogP contribution in [0.3, 0.4) is 0 Å². The molecule has 1 nitrogen and oxygen atoms in total. The molecule has 0 aromatic heterocycles. The molecule has 1 aromatic rings. The molecule has 0 saturated heterocycles. The summed E-state index contributed by atoms with van der Waals surface area (Å²) < 4.78 is 0. The molecule has 0 saturated carbocycles. The first kappa shape index (κ1) is 13.2. The van der Waals surface area contributed by atoms with Gasteiger partial charge in [0, 0.05) is 16.1 Å². The molecule has 0 fully saturated rings. The zero-order chi connectivity index (χ0) is 11.3. The van der Waals surface area contributed by atoms with Gasteiger partial charge in [-0.2, -0.15) is 11.8 Å². The van der Waals surface area contributed by atoms with Crippen LogP contribution in [-0.2, 0) is 6.42 Å². The van der Waals surface area contributed by atoms with Crippen LogP contribution in [0.1, 0.15) is 12.0 Å². The van der Waals surface area contributed by atoms with E-state index < -0.39 is 0 Å². The molecule has 0 bridgehead atoms. The zero-order valence-corrected chi connectivity index (χ0v) is 11.0. The van der Waals surface area contributed by atoms with E-state index in [1.54, 1.807) is 6.07 Å². The SMILES string of the molecule is CSCCC(N)Cc1ccc(Cl)cc1Cl. The van der Waals surface area contributed by atoms with Crippen LogP contribution in [-0.4, -0.2) is 18.1 Å². The third-order valence-corrected chi connectivity index (χ3v) is 3.42. The highest BCUT2D eigenvalue weighted by Gasteiger charge is 2.07. The van der Waals surface area contributed by atoms with Crippen molar-refractivity contribution in [2.24, 2.45) is 5.73 Å². The lowest BCUT2D eigenvalue weighted by Gasteiger charge is -2.12. The first-order chi connectivity index (χ1) is 7.13. The molecule has 0 aliphatic carbocycles. The molecule has 0 aliphatic heterocycles. The number of hydrogen-bond acceptors (Lipinski definition) is 2. The van der Waals surface area contributed by atoms with E-state index in [2.05, 4.69) is 6.26 Å². The summed E-state index contributed by atoms with van der Waals surface area (Å²) in [4.78, 5) is 0. The van der Waals surface area contributed by atoms with Crippen LogP contribution in [0, 0.1) is 0 Å². The van der Waals surface area contributed by atoms with Crippen molar-refractivity contribution in [1.82, 2.24) is 0 Å². The van der Waals surface area contributed by atoms with E-state index in [9.17, 15) is 0 Å². The van der Waals surface area contributed by atoms with E-state index in [0.717, 1.165) is 24.2 Å². The Labute approximate surface area is 105 Å². The van der Waals surface area contributed by atoms with Crippen molar-refractivity contribution >= 4 is 35.0 Å². The van der Waals surface area contributed by atoms with Crippen LogP contribution in [0.4, 0.5) is 0 Å². The molecule has 0 amide bonds. The highest BCUT2D eigenvalue weighted by molar-refractivity contribution is 7.98. The average Bonchev–Trinajstić information content (AvgIpc) is 2.19. The largest absolute Gasteiger partial charge is 0.327 e. The van der Waals surface area contributed by atoms with Crippen LogP contribution >= 0.6 is 35.0 Å². The van der Waals surface area contributed by atoms with Crippen LogP contribution in [0.2, 0.25) is 10.0 Å². The van der Waals surface area contributed by atoms with Gasteiger partial charge in [-0.1, -0.05) is 29.3 Å². The fourth-order valence-corrected chi connectivity index (χ4v) is 2.37. The summed E-state index contributed by atoms with van der Waals surface area (Å²) in [7, 11) is 0. The Hall–Kier alpha value is 0.110. The monoisotopic (exact) mass is 263 g/mol. The van der Waals surface area contributed by atoms with E-state index in [4.69, 9.17) is 28.9 Å². The van der Waals surface area contributed by atoms with Crippen molar-refractivity contribution in [3.8, 4) is 0 Å². The lowest BCUT2D eigenvalue weighted by molar-refractivity contribution is 0.652. The summed E-state index contributed by atoms with van der Waals surface area (Å²) in [6.45, 7) is 0. The molecule has 4 heteroatoms. The molecular weight excluding hydrogens is 249 g/mol. The maximum Gasteiger partial charge on any atom is 0.0453 e. The smallest absolute Gasteiger partial charge is 0.0453 e. The van der Waals surface area contributed by atoms with Gasteiger partial charge < -0.3 is 5.73 Å². The van der Waals surface area contributed by atoms with E-state index in [1.165, 1.54) is 0 Å². The second kappa shape index (κ2) is 6.64.